The summed E-state index contributed by atoms with van der Waals surface area (Å²) in [4.78, 5) is 20.4. The first-order valence-electron chi connectivity index (χ1n) is 12.1. The number of carbonyl (C=O) groups excluding carboxylic acids is 1. The van der Waals surface area contributed by atoms with Crippen LogP contribution in [0.25, 0.3) is 5.65 Å². The van der Waals surface area contributed by atoms with Gasteiger partial charge in [-0.1, -0.05) is 55.7 Å². The fourth-order valence-corrected chi connectivity index (χ4v) is 5.57. The van der Waals surface area contributed by atoms with E-state index in [1.807, 2.05) is 18.5 Å². The maximum absolute atomic E-state index is 13.9. The van der Waals surface area contributed by atoms with Crippen LogP contribution in [0.5, 0.6) is 0 Å². The second-order valence-electron chi connectivity index (χ2n) is 9.45. The lowest BCUT2D eigenvalue weighted by molar-refractivity contribution is -0.135. The van der Waals surface area contributed by atoms with Crippen LogP contribution in [0, 0.1) is 11.8 Å². The Balaban J connectivity index is 1.34. The molecular formula is C27H33N3O2. The van der Waals surface area contributed by atoms with Crippen molar-refractivity contribution in [3.63, 3.8) is 0 Å². The Morgan fingerprint density at radius 2 is 1.94 bits per heavy atom. The lowest BCUT2D eigenvalue weighted by Crippen LogP contribution is -2.41. The fourth-order valence-electron chi connectivity index (χ4n) is 5.57. The van der Waals surface area contributed by atoms with Gasteiger partial charge in [-0.05, 0) is 42.4 Å². The number of benzene rings is 1. The van der Waals surface area contributed by atoms with Crippen LogP contribution < -0.4 is 0 Å². The molecule has 0 spiro atoms. The molecule has 3 aromatic rings. The van der Waals surface area contributed by atoms with Gasteiger partial charge in [0, 0.05) is 37.6 Å². The van der Waals surface area contributed by atoms with Crippen LogP contribution in [0.1, 0.15) is 49.1 Å². The van der Waals surface area contributed by atoms with Gasteiger partial charge >= 0.3 is 0 Å². The Bertz CT molecular complexity index is 1030. The molecule has 0 N–H and O–H groups in total. The number of aromatic nitrogens is 2. The van der Waals surface area contributed by atoms with Crippen LogP contribution in [-0.4, -0.2) is 46.5 Å². The summed E-state index contributed by atoms with van der Waals surface area (Å²) in [7, 11) is 0. The summed E-state index contributed by atoms with van der Waals surface area (Å²) in [6, 6.07) is 14.7. The minimum absolute atomic E-state index is 0.0300. The van der Waals surface area contributed by atoms with Crippen LogP contribution in [-0.2, 0) is 16.0 Å². The summed E-state index contributed by atoms with van der Waals surface area (Å²) in [5.74, 6) is 1.01. The number of imidazole rings is 1. The highest BCUT2D eigenvalue weighted by atomic mass is 16.5. The van der Waals surface area contributed by atoms with E-state index in [1.54, 1.807) is 0 Å². The summed E-state index contributed by atoms with van der Waals surface area (Å²) in [6.07, 6.45) is 12.9. The Morgan fingerprint density at radius 1 is 1.09 bits per heavy atom. The van der Waals surface area contributed by atoms with Gasteiger partial charge in [0.2, 0.25) is 5.91 Å². The summed E-state index contributed by atoms with van der Waals surface area (Å²) in [6.45, 7) is 2.77. The largest absolute Gasteiger partial charge is 0.379 e. The molecule has 1 aliphatic heterocycles. The zero-order valence-corrected chi connectivity index (χ0v) is 18.7. The highest BCUT2D eigenvalue weighted by Gasteiger charge is 2.35. The summed E-state index contributed by atoms with van der Waals surface area (Å²) < 4.78 is 8.01. The van der Waals surface area contributed by atoms with E-state index >= 15 is 0 Å². The van der Waals surface area contributed by atoms with Crippen molar-refractivity contribution < 1.29 is 9.53 Å². The smallest absolute Gasteiger partial charge is 0.230 e. The Kier molecular flexibility index (Phi) is 6.54. The minimum atomic E-state index is -0.0300. The van der Waals surface area contributed by atoms with E-state index in [0.29, 0.717) is 37.5 Å². The number of amides is 1. The number of hydrogen-bond donors (Lipinski definition) is 0. The zero-order valence-electron chi connectivity index (χ0n) is 18.7. The van der Waals surface area contributed by atoms with Crippen molar-refractivity contribution in [1.29, 1.82) is 0 Å². The number of ether oxygens (including phenoxy) is 1. The third kappa shape index (κ3) is 4.73. The molecular weight excluding hydrogens is 398 g/mol. The van der Waals surface area contributed by atoms with Crippen molar-refractivity contribution in [1.82, 2.24) is 14.3 Å². The van der Waals surface area contributed by atoms with Gasteiger partial charge in [0.15, 0.2) is 0 Å². The zero-order chi connectivity index (χ0) is 21.8. The van der Waals surface area contributed by atoms with Crippen molar-refractivity contribution in [2.75, 3.05) is 26.3 Å². The molecule has 1 aromatic carbocycles. The number of pyridine rings is 1. The molecule has 5 rings (SSSR count). The van der Waals surface area contributed by atoms with Gasteiger partial charge in [-0.2, -0.15) is 0 Å². The average Bonchev–Trinajstić information content (AvgIpc) is 3.18. The summed E-state index contributed by atoms with van der Waals surface area (Å²) in [5, 5.41) is 0. The van der Waals surface area contributed by atoms with Gasteiger partial charge in [-0.3, -0.25) is 4.79 Å². The molecule has 1 aliphatic carbocycles. The van der Waals surface area contributed by atoms with Gasteiger partial charge < -0.3 is 14.0 Å². The van der Waals surface area contributed by atoms with Gasteiger partial charge in [0.25, 0.3) is 0 Å². The second-order valence-corrected chi connectivity index (χ2v) is 9.45. The number of fused-ring (bicyclic) bond motifs is 1. The number of hydrogen-bond acceptors (Lipinski definition) is 3. The van der Waals surface area contributed by atoms with Crippen LogP contribution in [0.4, 0.5) is 0 Å². The van der Waals surface area contributed by atoms with Crippen molar-refractivity contribution in [3.05, 3.63) is 72.2 Å². The third-order valence-corrected chi connectivity index (χ3v) is 7.17. The quantitative estimate of drug-likeness (QED) is 0.587. The topological polar surface area (TPSA) is 46.8 Å². The average molecular weight is 432 g/mol. The predicted molar refractivity (Wildman–Crippen MR) is 126 cm³/mol. The molecule has 1 saturated heterocycles. The molecule has 3 heterocycles. The van der Waals surface area contributed by atoms with Crippen LogP contribution in [0.3, 0.4) is 0 Å². The molecule has 2 unspecified atom stereocenters. The lowest BCUT2D eigenvalue weighted by atomic mass is 9.76. The molecule has 0 bridgehead atoms. The SMILES string of the molecule is O=C(C(c1ccccc1)C1CCCCC1)N1CCOCC(Cc2ccc3nccn3c2)C1. The first-order chi connectivity index (χ1) is 15.8. The third-order valence-electron chi connectivity index (χ3n) is 7.17. The molecule has 168 valence electrons. The lowest BCUT2D eigenvalue weighted by Gasteiger charge is -2.34. The number of nitrogens with zero attached hydrogens (tertiary/aromatic N) is 3. The minimum Gasteiger partial charge on any atom is -0.379 e. The van der Waals surface area contributed by atoms with E-state index in [4.69, 9.17) is 4.74 Å². The number of carbonyl (C=O) groups is 1. The molecule has 2 aromatic heterocycles. The Labute approximate surface area is 190 Å². The van der Waals surface area contributed by atoms with Crippen LogP contribution in [0.15, 0.2) is 61.1 Å². The van der Waals surface area contributed by atoms with E-state index in [2.05, 4.69) is 56.9 Å². The molecule has 0 radical (unpaired) electrons. The van der Waals surface area contributed by atoms with Crippen LogP contribution in [0.2, 0.25) is 0 Å². The molecule has 32 heavy (non-hydrogen) atoms. The molecule has 2 atom stereocenters. The van der Waals surface area contributed by atoms with E-state index in [-0.39, 0.29) is 5.92 Å². The molecule has 2 aliphatic rings. The first-order valence-corrected chi connectivity index (χ1v) is 12.1. The van der Waals surface area contributed by atoms with Gasteiger partial charge in [-0.25, -0.2) is 4.98 Å². The van der Waals surface area contributed by atoms with Gasteiger partial charge in [0.05, 0.1) is 19.1 Å². The van der Waals surface area contributed by atoms with Crippen molar-refractivity contribution >= 4 is 11.6 Å². The Hall–Kier alpha value is -2.66. The van der Waals surface area contributed by atoms with E-state index in [9.17, 15) is 4.79 Å². The molecule has 5 heteroatoms. The predicted octanol–water partition coefficient (Wildman–Crippen LogP) is 4.72. The maximum atomic E-state index is 13.9. The normalized spacial score (nSPS) is 21.4. The van der Waals surface area contributed by atoms with Crippen LogP contribution >= 0.6 is 0 Å². The highest BCUT2D eigenvalue weighted by Crippen LogP contribution is 2.37. The Morgan fingerprint density at radius 3 is 2.78 bits per heavy atom. The van der Waals surface area contributed by atoms with Crippen molar-refractivity contribution in [2.45, 2.75) is 44.4 Å². The molecule has 1 saturated carbocycles. The molecule has 5 nitrogen and oxygen atoms in total. The van der Waals surface area contributed by atoms with Gasteiger partial charge in [0.1, 0.15) is 5.65 Å². The monoisotopic (exact) mass is 431 g/mol. The first kappa shape index (κ1) is 21.2. The van der Waals surface area contributed by atoms with E-state index in [0.717, 1.165) is 31.5 Å². The van der Waals surface area contributed by atoms with E-state index < -0.39 is 0 Å². The van der Waals surface area contributed by atoms with Crippen molar-refractivity contribution in [2.24, 2.45) is 11.8 Å². The summed E-state index contributed by atoms with van der Waals surface area (Å²) >= 11 is 0. The van der Waals surface area contributed by atoms with Crippen molar-refractivity contribution in [3.8, 4) is 0 Å². The molecule has 1 amide bonds. The molecule has 2 fully saturated rings. The number of rotatable bonds is 5. The van der Waals surface area contributed by atoms with Gasteiger partial charge in [-0.15, -0.1) is 0 Å². The fraction of sp³-hybridized carbons (Fsp3) is 0.481. The summed E-state index contributed by atoms with van der Waals surface area (Å²) in [5.41, 5.74) is 3.39. The highest BCUT2D eigenvalue weighted by molar-refractivity contribution is 5.84. The van der Waals surface area contributed by atoms with E-state index in [1.165, 1.54) is 30.4 Å². The standard InChI is InChI=1S/C27H33N3O2/c31-27(26(23-7-3-1-4-8-23)24-9-5-2-6-10-24)30-15-16-32-20-22(19-30)17-21-11-12-25-28-13-14-29(25)18-21/h1,3-4,7-8,11-14,18,22,24,26H,2,5-6,9-10,15-17,19-20H2. The second kappa shape index (κ2) is 9.86. The maximum Gasteiger partial charge on any atom is 0.230 e.